The van der Waals surface area contributed by atoms with E-state index in [-0.39, 0.29) is 12.8 Å². The molecule has 0 aliphatic rings. The molecule has 1 atom stereocenters. The van der Waals surface area contributed by atoms with E-state index in [9.17, 15) is 13.2 Å². The molecule has 0 rings (SSSR count). The third-order valence-electron chi connectivity index (χ3n) is 0.753. The predicted molar refractivity (Wildman–Crippen MR) is 25.5 cm³/mol. The summed E-state index contributed by atoms with van der Waals surface area (Å²) in [6.07, 6.45) is -4.73. The summed E-state index contributed by atoms with van der Waals surface area (Å²) in [6, 6.07) is 0. The molecule has 0 N–H and O–H groups in total. The van der Waals surface area contributed by atoms with Gasteiger partial charge in [-0.15, -0.1) is 0 Å². The lowest BCUT2D eigenvalue weighted by Gasteiger charge is -2.01. The van der Waals surface area contributed by atoms with Gasteiger partial charge in [-0.2, -0.15) is 0 Å². The molecule has 0 bridgehead atoms. The van der Waals surface area contributed by atoms with Gasteiger partial charge in [0.25, 0.3) is 6.43 Å². The summed E-state index contributed by atoms with van der Waals surface area (Å²) in [5.74, 6) is 0. The van der Waals surface area contributed by atoms with Crippen molar-refractivity contribution in [2.75, 3.05) is 0 Å². The minimum atomic E-state index is -2.84. The number of halogens is 3. The van der Waals surface area contributed by atoms with E-state index in [1.54, 1.807) is 0 Å². The van der Waals surface area contributed by atoms with Crippen LogP contribution in [0.5, 0.6) is 0 Å². The summed E-state index contributed by atoms with van der Waals surface area (Å²) in [6.45, 7) is 3.23. The second-order valence-corrected chi connectivity index (χ2v) is 1.49. The van der Waals surface area contributed by atoms with Gasteiger partial charge < -0.3 is 0 Å². The quantitative estimate of drug-likeness (QED) is 0.542. The average Bonchev–Trinajstić information content (AvgIpc) is 1.67. The zero-order valence-corrected chi connectivity index (χ0v) is 4.41. The molecule has 0 aromatic heterocycles. The first-order chi connectivity index (χ1) is 3.68. The fraction of sp³-hybridized carbons (Fsp3) is 0.800. The Morgan fingerprint density at radius 1 is 1.25 bits per heavy atom. The van der Waals surface area contributed by atoms with Gasteiger partial charge in [-0.3, -0.25) is 0 Å². The predicted octanol–water partition coefficient (Wildman–Crippen LogP) is 2.20. The number of rotatable bonds is 3. The summed E-state index contributed by atoms with van der Waals surface area (Å²) >= 11 is 0. The molecule has 8 heavy (non-hydrogen) atoms. The van der Waals surface area contributed by atoms with Gasteiger partial charge in [0.1, 0.15) is 0 Å². The summed E-state index contributed by atoms with van der Waals surface area (Å²) in [5.41, 5.74) is 0. The molecule has 0 heterocycles. The molecule has 0 nitrogen and oxygen atoms in total. The highest BCUT2D eigenvalue weighted by atomic mass is 19.3. The van der Waals surface area contributed by atoms with E-state index < -0.39 is 12.6 Å². The van der Waals surface area contributed by atoms with Crippen LogP contribution in [0, 0.1) is 6.92 Å². The maximum atomic E-state index is 11.7. The zero-order valence-electron chi connectivity index (χ0n) is 4.41. The van der Waals surface area contributed by atoms with Crippen LogP contribution in [0.4, 0.5) is 13.2 Å². The van der Waals surface area contributed by atoms with Crippen molar-refractivity contribution in [2.24, 2.45) is 0 Å². The molecule has 1 radical (unpaired) electrons. The fourth-order valence-corrected chi connectivity index (χ4v) is 0.321. The Morgan fingerprint density at radius 3 is 1.88 bits per heavy atom. The van der Waals surface area contributed by atoms with Gasteiger partial charge in [-0.25, -0.2) is 13.2 Å². The van der Waals surface area contributed by atoms with E-state index >= 15 is 0 Å². The van der Waals surface area contributed by atoms with Crippen LogP contribution in [0.1, 0.15) is 12.8 Å². The van der Waals surface area contributed by atoms with Crippen LogP contribution >= 0.6 is 0 Å². The highest BCUT2D eigenvalue weighted by Crippen LogP contribution is 2.10. The molecule has 0 saturated heterocycles. The molecule has 0 aromatic carbocycles. The van der Waals surface area contributed by atoms with Crippen LogP contribution in [0.25, 0.3) is 0 Å². The Kier molecular flexibility index (Phi) is 3.65. The van der Waals surface area contributed by atoms with Crippen molar-refractivity contribution in [1.82, 2.24) is 0 Å². The first kappa shape index (κ1) is 7.79. The Balaban J connectivity index is 3.17. The van der Waals surface area contributed by atoms with Crippen molar-refractivity contribution >= 4 is 0 Å². The lowest BCUT2D eigenvalue weighted by atomic mass is 10.2. The SMILES string of the molecule is [CH2]CCC(F)C(F)F. The molecular formula is C5H8F3. The fourth-order valence-electron chi connectivity index (χ4n) is 0.321. The van der Waals surface area contributed by atoms with Gasteiger partial charge >= 0.3 is 0 Å². The van der Waals surface area contributed by atoms with E-state index in [1.807, 2.05) is 0 Å². The summed E-state index contributed by atoms with van der Waals surface area (Å²) < 4.78 is 34.2. The summed E-state index contributed by atoms with van der Waals surface area (Å²) in [7, 11) is 0. The molecule has 3 heteroatoms. The third-order valence-corrected chi connectivity index (χ3v) is 0.753. The second kappa shape index (κ2) is 3.75. The van der Waals surface area contributed by atoms with Crippen molar-refractivity contribution < 1.29 is 13.2 Å². The van der Waals surface area contributed by atoms with Gasteiger partial charge in [-0.1, -0.05) is 13.3 Å². The third kappa shape index (κ3) is 2.88. The molecule has 0 aromatic rings. The largest absolute Gasteiger partial charge is 0.269 e. The first-order valence-corrected chi connectivity index (χ1v) is 2.40. The van der Waals surface area contributed by atoms with Crippen molar-refractivity contribution in [3.8, 4) is 0 Å². The van der Waals surface area contributed by atoms with Crippen LogP contribution in [-0.2, 0) is 0 Å². The van der Waals surface area contributed by atoms with Gasteiger partial charge in [-0.05, 0) is 6.42 Å². The maximum absolute atomic E-state index is 11.7. The minimum absolute atomic E-state index is 0.141. The first-order valence-electron chi connectivity index (χ1n) is 2.40. The lowest BCUT2D eigenvalue weighted by molar-refractivity contribution is 0.0459. The van der Waals surface area contributed by atoms with Crippen LogP contribution in [0.2, 0.25) is 0 Å². The van der Waals surface area contributed by atoms with Crippen LogP contribution < -0.4 is 0 Å². The van der Waals surface area contributed by atoms with E-state index in [1.165, 1.54) is 0 Å². The molecule has 0 spiro atoms. The Hall–Kier alpha value is -0.210. The molecule has 1 unspecified atom stereocenters. The lowest BCUT2D eigenvalue weighted by Crippen LogP contribution is -2.10. The van der Waals surface area contributed by atoms with E-state index in [0.29, 0.717) is 0 Å². The van der Waals surface area contributed by atoms with Crippen LogP contribution in [0.15, 0.2) is 0 Å². The molecular weight excluding hydrogens is 117 g/mol. The van der Waals surface area contributed by atoms with Crippen LogP contribution in [0.3, 0.4) is 0 Å². The van der Waals surface area contributed by atoms with E-state index in [0.717, 1.165) is 0 Å². The Labute approximate surface area is 46.7 Å². The number of alkyl halides is 3. The molecule has 49 valence electrons. The minimum Gasteiger partial charge on any atom is -0.241 e. The van der Waals surface area contributed by atoms with E-state index in [4.69, 9.17) is 0 Å². The van der Waals surface area contributed by atoms with Gasteiger partial charge in [0, 0.05) is 0 Å². The van der Waals surface area contributed by atoms with Gasteiger partial charge in [0.05, 0.1) is 0 Å². The smallest absolute Gasteiger partial charge is 0.241 e. The Morgan fingerprint density at radius 2 is 1.75 bits per heavy atom. The zero-order chi connectivity index (χ0) is 6.57. The van der Waals surface area contributed by atoms with Crippen molar-refractivity contribution in [2.45, 2.75) is 25.4 Å². The maximum Gasteiger partial charge on any atom is 0.269 e. The molecule has 0 saturated carbocycles. The average molecular weight is 125 g/mol. The summed E-state index contributed by atoms with van der Waals surface area (Å²) in [4.78, 5) is 0. The second-order valence-electron chi connectivity index (χ2n) is 1.49. The van der Waals surface area contributed by atoms with Crippen molar-refractivity contribution in [3.63, 3.8) is 0 Å². The molecule has 0 fully saturated rings. The topological polar surface area (TPSA) is 0 Å². The van der Waals surface area contributed by atoms with Crippen LogP contribution in [-0.4, -0.2) is 12.6 Å². The van der Waals surface area contributed by atoms with Crippen molar-refractivity contribution in [1.29, 1.82) is 0 Å². The normalized spacial score (nSPS) is 14.6. The molecule has 0 amide bonds. The van der Waals surface area contributed by atoms with Gasteiger partial charge in [0.2, 0.25) is 0 Å². The standard InChI is InChI=1S/C5H8F3/c1-2-3-4(6)5(7)8/h4-5H,1-3H2. The van der Waals surface area contributed by atoms with Crippen molar-refractivity contribution in [3.05, 3.63) is 6.92 Å². The van der Waals surface area contributed by atoms with E-state index in [2.05, 4.69) is 6.92 Å². The Bertz CT molecular complexity index is 53.6. The number of hydrogen-bond donors (Lipinski definition) is 0. The molecule has 0 aliphatic carbocycles. The highest BCUT2D eigenvalue weighted by molar-refractivity contribution is 4.58. The molecule has 0 aliphatic heterocycles. The monoisotopic (exact) mass is 125 g/mol. The number of hydrogen-bond acceptors (Lipinski definition) is 0. The summed E-state index contributed by atoms with van der Waals surface area (Å²) in [5, 5.41) is 0. The van der Waals surface area contributed by atoms with Gasteiger partial charge in [0.15, 0.2) is 6.17 Å². The highest BCUT2D eigenvalue weighted by Gasteiger charge is 2.16.